The Morgan fingerprint density at radius 3 is 2.17 bits per heavy atom. The van der Waals surface area contributed by atoms with E-state index in [0.29, 0.717) is 43.6 Å². The molecule has 0 bridgehead atoms. The lowest BCUT2D eigenvalue weighted by molar-refractivity contribution is -0.126. The molecule has 3 N–H and O–H groups in total. The van der Waals surface area contributed by atoms with Crippen LogP contribution in [0.25, 0.3) is 0 Å². The molecule has 6 heteroatoms. The van der Waals surface area contributed by atoms with Crippen LogP contribution in [0.4, 0.5) is 0 Å². The van der Waals surface area contributed by atoms with Crippen LogP contribution in [0.1, 0.15) is 101 Å². The number of rotatable bonds is 9. The first kappa shape index (κ1) is 25.6. The van der Waals surface area contributed by atoms with Crippen molar-refractivity contribution in [2.45, 2.75) is 110 Å². The van der Waals surface area contributed by atoms with Crippen LogP contribution in [0, 0.1) is 11.8 Å². The lowest BCUT2D eigenvalue weighted by Crippen LogP contribution is -2.38. The average Bonchev–Trinajstić information content (AvgIpc) is 2.72. The number of ketones is 1. The van der Waals surface area contributed by atoms with Crippen molar-refractivity contribution in [3.05, 3.63) is 0 Å². The summed E-state index contributed by atoms with van der Waals surface area (Å²) in [6.07, 6.45) is 12.0. The van der Waals surface area contributed by atoms with Gasteiger partial charge in [-0.1, -0.05) is 40.0 Å². The summed E-state index contributed by atoms with van der Waals surface area (Å²) in [6, 6.07) is 0.308. The van der Waals surface area contributed by atoms with Crippen LogP contribution in [-0.4, -0.2) is 36.4 Å². The fourth-order valence-electron chi connectivity index (χ4n) is 4.06. The van der Waals surface area contributed by atoms with Crippen LogP contribution in [0.2, 0.25) is 0 Å². The molecule has 0 atom stereocenters. The molecule has 0 saturated heterocycles. The fourth-order valence-corrected chi connectivity index (χ4v) is 4.06. The zero-order chi connectivity index (χ0) is 21.6. The normalized spacial score (nSPS) is 22.5. The Morgan fingerprint density at radius 1 is 1.03 bits per heavy atom. The molecule has 0 unspecified atom stereocenters. The van der Waals surface area contributed by atoms with Gasteiger partial charge in [0, 0.05) is 40.2 Å². The Labute approximate surface area is 179 Å². The molecule has 172 valence electrons. The molecule has 0 aromatic heterocycles. The van der Waals surface area contributed by atoms with Gasteiger partial charge in [0.25, 0.3) is 0 Å². The zero-order valence-corrected chi connectivity index (χ0v) is 18.7. The first-order valence-corrected chi connectivity index (χ1v) is 11.6. The van der Waals surface area contributed by atoms with Crippen molar-refractivity contribution in [1.82, 2.24) is 5.32 Å². The number of carbonyl (C=O) groups excluding carboxylic acids is 3. The summed E-state index contributed by atoms with van der Waals surface area (Å²) >= 11 is 0. The van der Waals surface area contributed by atoms with E-state index in [1.807, 2.05) is 20.8 Å². The highest BCUT2D eigenvalue weighted by molar-refractivity contribution is 5.82. The van der Waals surface area contributed by atoms with Crippen molar-refractivity contribution in [2.75, 3.05) is 6.61 Å². The van der Waals surface area contributed by atoms with Crippen molar-refractivity contribution in [3.8, 4) is 0 Å². The molecule has 2 saturated carbocycles. The van der Waals surface area contributed by atoms with Gasteiger partial charge < -0.3 is 15.8 Å². The number of ether oxygens (including phenoxy) is 1. The lowest BCUT2D eigenvalue weighted by atomic mass is 9.83. The topological polar surface area (TPSA) is 98.5 Å². The SMILES string of the molecule is CC(C)C(=O)C1CCCCC1.CCC(=O)NC1CCC(OCCCC(N)=O)CC1.[HH].[HH]. The number of hydrogen-bond acceptors (Lipinski definition) is 4. The molecule has 29 heavy (non-hydrogen) atoms. The Bertz CT molecular complexity index is 504. The van der Waals surface area contributed by atoms with E-state index in [2.05, 4.69) is 5.32 Å². The van der Waals surface area contributed by atoms with Crippen LogP contribution >= 0.6 is 0 Å². The third-order valence-corrected chi connectivity index (χ3v) is 5.86. The van der Waals surface area contributed by atoms with Gasteiger partial charge in [0.2, 0.25) is 11.8 Å². The first-order chi connectivity index (χ1) is 13.8. The third kappa shape index (κ3) is 11.4. The molecule has 0 aromatic rings. The van der Waals surface area contributed by atoms with Gasteiger partial charge in [-0.3, -0.25) is 14.4 Å². The molecule has 0 radical (unpaired) electrons. The number of nitrogens with two attached hydrogens (primary N) is 1. The Kier molecular flexibility index (Phi) is 12.8. The Hall–Kier alpha value is -1.43. The molecule has 0 heterocycles. The van der Waals surface area contributed by atoms with Crippen molar-refractivity contribution >= 4 is 17.6 Å². The van der Waals surface area contributed by atoms with Crippen LogP contribution < -0.4 is 11.1 Å². The maximum absolute atomic E-state index is 11.5. The highest BCUT2D eigenvalue weighted by Gasteiger charge is 2.23. The van der Waals surface area contributed by atoms with E-state index < -0.39 is 0 Å². The van der Waals surface area contributed by atoms with E-state index in [9.17, 15) is 14.4 Å². The summed E-state index contributed by atoms with van der Waals surface area (Å²) in [5.41, 5.74) is 5.05. The molecule has 0 spiro atoms. The minimum Gasteiger partial charge on any atom is -0.378 e. The number of Topliss-reactive ketones (excluding diaryl/α,β-unsaturated/α-hetero) is 1. The molecule has 2 aliphatic rings. The third-order valence-electron chi connectivity index (χ3n) is 5.86. The maximum atomic E-state index is 11.5. The quantitative estimate of drug-likeness (QED) is 0.547. The van der Waals surface area contributed by atoms with Crippen molar-refractivity contribution in [1.29, 1.82) is 0 Å². The van der Waals surface area contributed by atoms with Crippen LogP contribution in [0.15, 0.2) is 0 Å². The van der Waals surface area contributed by atoms with Gasteiger partial charge in [0.15, 0.2) is 0 Å². The highest BCUT2D eigenvalue weighted by Crippen LogP contribution is 2.26. The standard InChI is InChI=1S/C13H24N2O3.C10H18O.2H2/c1-2-13(17)15-10-5-7-11(8-6-10)18-9-3-4-12(14)16;1-8(2)10(11)9-6-4-3-5-7-9;;/h10-11H,2-9H2,1H3,(H2,14,16)(H,15,17);8-9H,3-7H2,1-2H3;2*1H. The molecule has 2 amide bonds. The first-order valence-electron chi connectivity index (χ1n) is 11.6. The second-order valence-corrected chi connectivity index (χ2v) is 8.73. The Balaban J connectivity index is 0. The van der Waals surface area contributed by atoms with Gasteiger partial charge in [0.1, 0.15) is 5.78 Å². The van der Waals surface area contributed by atoms with Crippen molar-refractivity contribution in [3.63, 3.8) is 0 Å². The molecule has 2 fully saturated rings. The monoisotopic (exact) mass is 414 g/mol. The molecule has 0 aromatic carbocycles. The smallest absolute Gasteiger partial charge is 0.219 e. The minimum atomic E-state index is -0.274. The second kappa shape index (κ2) is 14.5. The summed E-state index contributed by atoms with van der Waals surface area (Å²) in [6.45, 7) is 6.48. The van der Waals surface area contributed by atoms with Gasteiger partial charge in [-0.25, -0.2) is 0 Å². The van der Waals surface area contributed by atoms with E-state index in [4.69, 9.17) is 10.5 Å². The van der Waals surface area contributed by atoms with Crippen molar-refractivity contribution in [2.24, 2.45) is 17.6 Å². The average molecular weight is 415 g/mol. The molecule has 2 rings (SSSR count). The minimum absolute atomic E-state index is 0. The zero-order valence-electron chi connectivity index (χ0n) is 18.7. The number of carbonyl (C=O) groups is 3. The number of amides is 2. The predicted molar refractivity (Wildman–Crippen MR) is 120 cm³/mol. The van der Waals surface area contributed by atoms with Gasteiger partial charge >= 0.3 is 0 Å². The van der Waals surface area contributed by atoms with Crippen LogP contribution in [0.3, 0.4) is 0 Å². The summed E-state index contributed by atoms with van der Waals surface area (Å²) in [7, 11) is 0. The highest BCUT2D eigenvalue weighted by atomic mass is 16.5. The molecule has 6 nitrogen and oxygen atoms in total. The summed E-state index contributed by atoms with van der Waals surface area (Å²) in [5, 5.41) is 3.02. The summed E-state index contributed by atoms with van der Waals surface area (Å²) in [4.78, 5) is 33.3. The summed E-state index contributed by atoms with van der Waals surface area (Å²) in [5.74, 6) is 0.997. The van der Waals surface area contributed by atoms with Gasteiger partial charge in [-0.05, 0) is 44.9 Å². The van der Waals surface area contributed by atoms with Crippen LogP contribution in [-0.2, 0) is 19.1 Å². The maximum Gasteiger partial charge on any atom is 0.219 e. The largest absolute Gasteiger partial charge is 0.378 e. The molecular weight excluding hydrogens is 368 g/mol. The van der Waals surface area contributed by atoms with Gasteiger partial charge in [-0.2, -0.15) is 0 Å². The predicted octanol–water partition coefficient (Wildman–Crippen LogP) is 4.39. The van der Waals surface area contributed by atoms with E-state index in [1.54, 1.807) is 0 Å². The van der Waals surface area contributed by atoms with Crippen LogP contribution in [0.5, 0.6) is 0 Å². The fraction of sp³-hybridized carbons (Fsp3) is 0.870. The molecule has 0 aliphatic heterocycles. The number of primary amides is 1. The van der Waals surface area contributed by atoms with E-state index >= 15 is 0 Å². The van der Waals surface area contributed by atoms with E-state index in [-0.39, 0.29) is 26.7 Å². The summed E-state index contributed by atoms with van der Waals surface area (Å²) < 4.78 is 5.69. The molecule has 2 aliphatic carbocycles. The number of hydrogen-bond donors (Lipinski definition) is 2. The second-order valence-electron chi connectivity index (χ2n) is 8.73. The van der Waals surface area contributed by atoms with Gasteiger partial charge in [-0.15, -0.1) is 0 Å². The van der Waals surface area contributed by atoms with E-state index in [0.717, 1.165) is 38.5 Å². The lowest BCUT2D eigenvalue weighted by Gasteiger charge is -2.29. The van der Waals surface area contributed by atoms with Crippen molar-refractivity contribution < 1.29 is 22.0 Å². The van der Waals surface area contributed by atoms with E-state index in [1.165, 1.54) is 19.3 Å². The van der Waals surface area contributed by atoms with Gasteiger partial charge in [0.05, 0.1) is 6.10 Å². The number of nitrogens with one attached hydrogen (secondary N) is 1. The Morgan fingerprint density at radius 2 is 1.66 bits per heavy atom. The molecular formula is C23H46N2O4.